The van der Waals surface area contributed by atoms with Crippen molar-refractivity contribution in [2.45, 2.75) is 52.6 Å². The minimum atomic E-state index is -0.0228. The van der Waals surface area contributed by atoms with Gasteiger partial charge in [-0.2, -0.15) is 0 Å². The molecule has 1 fully saturated rings. The molecule has 1 heterocycles. The smallest absolute Gasteiger partial charge is 0.188 e. The summed E-state index contributed by atoms with van der Waals surface area (Å²) in [7, 11) is 0. The number of halogens is 1. The Bertz CT molecular complexity index is 511. The number of benzene rings is 1. The van der Waals surface area contributed by atoms with E-state index in [1.165, 1.54) is 24.0 Å². The van der Waals surface area contributed by atoms with Gasteiger partial charge in [0.1, 0.15) is 0 Å². The van der Waals surface area contributed by atoms with Gasteiger partial charge in [0.15, 0.2) is 5.96 Å². The maximum Gasteiger partial charge on any atom is 0.188 e. The van der Waals surface area contributed by atoms with Crippen molar-refractivity contribution in [2.24, 2.45) is 16.6 Å². The van der Waals surface area contributed by atoms with E-state index in [1.54, 1.807) is 0 Å². The fourth-order valence-electron chi connectivity index (χ4n) is 2.93. The highest BCUT2D eigenvalue weighted by Gasteiger charge is 2.19. The van der Waals surface area contributed by atoms with Gasteiger partial charge < -0.3 is 11.1 Å². The van der Waals surface area contributed by atoms with Crippen LogP contribution in [0, 0.1) is 12.8 Å². The number of aliphatic imine (C=N–C) groups is 1. The van der Waals surface area contributed by atoms with E-state index in [9.17, 15) is 0 Å². The summed E-state index contributed by atoms with van der Waals surface area (Å²) in [5.41, 5.74) is 8.66. The second kappa shape index (κ2) is 9.61. The number of nitrogens with one attached hydrogen (secondary N) is 1. The van der Waals surface area contributed by atoms with Gasteiger partial charge in [0, 0.05) is 18.6 Å². The molecule has 0 saturated carbocycles. The number of guanidine groups is 1. The summed E-state index contributed by atoms with van der Waals surface area (Å²) in [6.07, 6.45) is 2.41. The maximum absolute atomic E-state index is 5.95. The molecule has 1 aromatic carbocycles. The van der Waals surface area contributed by atoms with E-state index in [1.807, 2.05) is 0 Å². The van der Waals surface area contributed by atoms with E-state index >= 15 is 0 Å². The summed E-state index contributed by atoms with van der Waals surface area (Å²) in [4.78, 5) is 7.06. The second-order valence-corrected chi connectivity index (χ2v) is 7.81. The number of aryl methyl sites for hydroxylation is 1. The average molecular weight is 444 g/mol. The summed E-state index contributed by atoms with van der Waals surface area (Å²) in [6.45, 7) is 12.6. The van der Waals surface area contributed by atoms with Crippen LogP contribution in [0.25, 0.3) is 0 Å². The highest BCUT2D eigenvalue weighted by atomic mass is 127. The van der Waals surface area contributed by atoms with E-state index < -0.39 is 0 Å². The summed E-state index contributed by atoms with van der Waals surface area (Å²) in [5.74, 6) is 1.23. The van der Waals surface area contributed by atoms with Crippen LogP contribution in [0.15, 0.2) is 29.3 Å². The minimum Gasteiger partial charge on any atom is -0.370 e. The zero-order valence-corrected chi connectivity index (χ0v) is 17.8. The van der Waals surface area contributed by atoms with Gasteiger partial charge in [-0.05, 0) is 65.1 Å². The number of piperidine rings is 1. The van der Waals surface area contributed by atoms with E-state index in [0.717, 1.165) is 26.2 Å². The molecule has 0 unspecified atom stereocenters. The van der Waals surface area contributed by atoms with Gasteiger partial charge in [0.25, 0.3) is 0 Å². The molecule has 0 bridgehead atoms. The molecule has 0 aromatic heterocycles. The van der Waals surface area contributed by atoms with Crippen molar-refractivity contribution in [1.82, 2.24) is 10.2 Å². The Kier molecular flexibility index (Phi) is 8.50. The highest BCUT2D eigenvalue weighted by Crippen LogP contribution is 2.19. The normalized spacial score (nSPS) is 17.4. The van der Waals surface area contributed by atoms with Crippen LogP contribution < -0.4 is 11.1 Å². The van der Waals surface area contributed by atoms with Gasteiger partial charge in [-0.3, -0.25) is 9.89 Å². The average Bonchev–Trinajstić information content (AvgIpc) is 2.47. The fraction of sp³-hybridized carbons (Fsp3) is 0.632. The summed E-state index contributed by atoms with van der Waals surface area (Å²) >= 11 is 0. The number of likely N-dealkylation sites (tertiary alicyclic amines) is 1. The van der Waals surface area contributed by atoms with E-state index in [2.05, 4.69) is 67.2 Å². The first kappa shape index (κ1) is 21.2. The summed E-state index contributed by atoms with van der Waals surface area (Å²) in [6, 6.07) is 8.87. The second-order valence-electron chi connectivity index (χ2n) is 7.81. The molecule has 24 heavy (non-hydrogen) atoms. The van der Waals surface area contributed by atoms with Crippen LogP contribution >= 0.6 is 24.0 Å². The maximum atomic E-state index is 5.95. The number of rotatable bonds is 4. The van der Waals surface area contributed by atoms with Crippen molar-refractivity contribution in [3.05, 3.63) is 35.4 Å². The molecule has 0 aliphatic carbocycles. The van der Waals surface area contributed by atoms with Crippen molar-refractivity contribution in [3.63, 3.8) is 0 Å². The standard InChI is InChI=1S/C19H32N4.HI/c1-15-5-7-17(8-6-15)14-23-11-9-16(10-12-23)13-21-18(20)22-19(2,3)4;/h5-8,16H,9-14H2,1-4H3,(H3,20,21,22);1H. The van der Waals surface area contributed by atoms with Crippen LogP contribution in [0.5, 0.6) is 0 Å². The Labute approximate surface area is 164 Å². The zero-order valence-electron chi connectivity index (χ0n) is 15.5. The van der Waals surface area contributed by atoms with Crippen LogP contribution in [0.1, 0.15) is 44.7 Å². The molecule has 2 rings (SSSR count). The molecular weight excluding hydrogens is 411 g/mol. The van der Waals surface area contributed by atoms with Gasteiger partial charge in [0.05, 0.1) is 0 Å². The molecule has 4 nitrogen and oxygen atoms in total. The topological polar surface area (TPSA) is 53.6 Å². The zero-order chi connectivity index (χ0) is 16.9. The van der Waals surface area contributed by atoms with Crippen molar-refractivity contribution < 1.29 is 0 Å². The lowest BCUT2D eigenvalue weighted by molar-refractivity contribution is 0.180. The molecule has 1 aliphatic rings. The first-order valence-electron chi connectivity index (χ1n) is 8.68. The van der Waals surface area contributed by atoms with Gasteiger partial charge in [0.2, 0.25) is 0 Å². The predicted octanol–water partition coefficient (Wildman–Crippen LogP) is 3.53. The number of hydrogen-bond donors (Lipinski definition) is 2. The predicted molar refractivity (Wildman–Crippen MR) is 114 cm³/mol. The molecule has 136 valence electrons. The van der Waals surface area contributed by atoms with Gasteiger partial charge >= 0.3 is 0 Å². The van der Waals surface area contributed by atoms with Crippen molar-refractivity contribution >= 4 is 29.9 Å². The largest absolute Gasteiger partial charge is 0.370 e. The Hall–Kier alpha value is -0.820. The van der Waals surface area contributed by atoms with Crippen molar-refractivity contribution in [2.75, 3.05) is 19.6 Å². The monoisotopic (exact) mass is 444 g/mol. The molecule has 1 saturated heterocycles. The number of nitrogens with two attached hydrogens (primary N) is 1. The molecular formula is C19H33IN4. The summed E-state index contributed by atoms with van der Waals surface area (Å²) in [5, 5.41) is 3.22. The molecule has 5 heteroatoms. The van der Waals surface area contributed by atoms with Crippen LogP contribution in [0.2, 0.25) is 0 Å². The summed E-state index contributed by atoms with van der Waals surface area (Å²) < 4.78 is 0. The Morgan fingerprint density at radius 2 is 1.79 bits per heavy atom. The van der Waals surface area contributed by atoms with Crippen LogP contribution in [-0.4, -0.2) is 36.0 Å². The molecule has 0 radical (unpaired) electrons. The minimum absolute atomic E-state index is 0. The van der Waals surface area contributed by atoms with Crippen LogP contribution in [-0.2, 0) is 6.54 Å². The molecule has 1 aliphatic heterocycles. The first-order chi connectivity index (χ1) is 10.8. The van der Waals surface area contributed by atoms with E-state index in [-0.39, 0.29) is 29.5 Å². The lowest BCUT2D eigenvalue weighted by atomic mass is 9.96. The van der Waals surface area contributed by atoms with E-state index in [4.69, 9.17) is 5.73 Å². The Balaban J connectivity index is 0.00000288. The third kappa shape index (κ3) is 7.83. The van der Waals surface area contributed by atoms with Gasteiger partial charge in [-0.1, -0.05) is 29.8 Å². The lowest BCUT2D eigenvalue weighted by Crippen LogP contribution is -2.45. The van der Waals surface area contributed by atoms with E-state index in [0.29, 0.717) is 11.9 Å². The first-order valence-corrected chi connectivity index (χ1v) is 8.68. The van der Waals surface area contributed by atoms with Crippen LogP contribution in [0.4, 0.5) is 0 Å². The Morgan fingerprint density at radius 3 is 2.33 bits per heavy atom. The number of hydrogen-bond acceptors (Lipinski definition) is 2. The SMILES string of the molecule is Cc1ccc(CN2CCC(CN=C(N)NC(C)(C)C)CC2)cc1.I. The van der Waals surface area contributed by atoms with Gasteiger partial charge in [-0.15, -0.1) is 24.0 Å². The quantitative estimate of drug-likeness (QED) is 0.425. The van der Waals surface area contributed by atoms with Crippen molar-refractivity contribution in [1.29, 1.82) is 0 Å². The molecule has 0 spiro atoms. The molecule has 0 atom stereocenters. The highest BCUT2D eigenvalue weighted by molar-refractivity contribution is 14.0. The third-order valence-corrected chi connectivity index (χ3v) is 4.26. The lowest BCUT2D eigenvalue weighted by Gasteiger charge is -2.31. The molecule has 3 N–H and O–H groups in total. The fourth-order valence-corrected chi connectivity index (χ4v) is 2.93. The van der Waals surface area contributed by atoms with Crippen molar-refractivity contribution in [3.8, 4) is 0 Å². The third-order valence-electron chi connectivity index (χ3n) is 4.26. The molecule has 0 amide bonds. The van der Waals surface area contributed by atoms with Crippen LogP contribution in [0.3, 0.4) is 0 Å². The van der Waals surface area contributed by atoms with Gasteiger partial charge in [-0.25, -0.2) is 0 Å². The molecule has 1 aromatic rings. The Morgan fingerprint density at radius 1 is 1.21 bits per heavy atom. The number of nitrogens with zero attached hydrogens (tertiary/aromatic N) is 2.